The maximum Gasteiger partial charge on any atom is 0.221 e. The maximum atomic E-state index is 11.2. The van der Waals surface area contributed by atoms with Gasteiger partial charge in [0.15, 0.2) is 0 Å². The molecule has 1 amide bonds. The van der Waals surface area contributed by atoms with Crippen molar-refractivity contribution in [1.29, 1.82) is 0 Å². The molecule has 0 bridgehead atoms. The molecule has 110 valence electrons. The maximum absolute atomic E-state index is 11.2. The summed E-state index contributed by atoms with van der Waals surface area (Å²) >= 11 is 0. The molecular formula is C16H24N2O2. The number of hydrogen-bond acceptors (Lipinski definition) is 3. The van der Waals surface area contributed by atoms with Crippen molar-refractivity contribution in [3.63, 3.8) is 0 Å². The highest BCUT2D eigenvalue weighted by molar-refractivity contribution is 5.89. The van der Waals surface area contributed by atoms with Gasteiger partial charge in [-0.05, 0) is 37.0 Å². The summed E-state index contributed by atoms with van der Waals surface area (Å²) in [5.41, 5.74) is 1.76. The highest BCUT2D eigenvalue weighted by Crippen LogP contribution is 2.34. The molecule has 1 aliphatic carbocycles. The van der Waals surface area contributed by atoms with E-state index in [-0.39, 0.29) is 5.91 Å². The summed E-state index contributed by atoms with van der Waals surface area (Å²) in [6.07, 6.45) is 4.98. The van der Waals surface area contributed by atoms with Crippen molar-refractivity contribution in [1.82, 2.24) is 0 Å². The van der Waals surface area contributed by atoms with Crippen molar-refractivity contribution in [3.8, 4) is 5.75 Å². The van der Waals surface area contributed by atoms with E-state index in [1.807, 2.05) is 18.2 Å². The lowest BCUT2D eigenvalue weighted by Gasteiger charge is -2.22. The van der Waals surface area contributed by atoms with Crippen LogP contribution in [0.15, 0.2) is 18.2 Å². The first kappa shape index (κ1) is 14.7. The van der Waals surface area contributed by atoms with Gasteiger partial charge in [-0.25, -0.2) is 0 Å². The standard InChI is InChI=1S/C16H24N2O2/c1-4-12-6-5-7-14(12)18-15-10-13(17-11(2)19)8-9-16(15)20-3/h8-10,12,14,18H,4-7H2,1-3H3,(H,17,19). The summed E-state index contributed by atoms with van der Waals surface area (Å²) in [7, 11) is 1.67. The molecular weight excluding hydrogens is 252 g/mol. The van der Waals surface area contributed by atoms with Gasteiger partial charge in [-0.1, -0.05) is 19.8 Å². The summed E-state index contributed by atoms with van der Waals surface area (Å²) in [4.78, 5) is 11.2. The average Bonchev–Trinajstić information content (AvgIpc) is 2.85. The Bertz CT molecular complexity index is 474. The largest absolute Gasteiger partial charge is 0.495 e. The van der Waals surface area contributed by atoms with Gasteiger partial charge in [-0.3, -0.25) is 4.79 Å². The first-order chi connectivity index (χ1) is 9.63. The minimum atomic E-state index is -0.0617. The van der Waals surface area contributed by atoms with Crippen molar-refractivity contribution < 1.29 is 9.53 Å². The van der Waals surface area contributed by atoms with Gasteiger partial charge in [-0.15, -0.1) is 0 Å². The van der Waals surface area contributed by atoms with E-state index in [1.165, 1.54) is 32.6 Å². The molecule has 1 aromatic rings. The monoisotopic (exact) mass is 276 g/mol. The van der Waals surface area contributed by atoms with Crippen molar-refractivity contribution >= 4 is 17.3 Å². The van der Waals surface area contributed by atoms with Gasteiger partial charge in [0.1, 0.15) is 5.75 Å². The van der Waals surface area contributed by atoms with Crippen LogP contribution in [0.5, 0.6) is 5.75 Å². The summed E-state index contributed by atoms with van der Waals surface area (Å²) in [5.74, 6) is 1.48. The molecule has 1 aromatic carbocycles. The van der Waals surface area contributed by atoms with Crippen LogP contribution in [0.4, 0.5) is 11.4 Å². The lowest BCUT2D eigenvalue weighted by atomic mass is 10.0. The first-order valence-electron chi connectivity index (χ1n) is 7.36. The van der Waals surface area contributed by atoms with Gasteiger partial charge in [0, 0.05) is 18.7 Å². The zero-order chi connectivity index (χ0) is 14.5. The predicted octanol–water partition coefficient (Wildman–Crippen LogP) is 3.64. The normalized spacial score (nSPS) is 21.6. The summed E-state index contributed by atoms with van der Waals surface area (Å²) in [5, 5.41) is 6.41. The lowest BCUT2D eigenvalue weighted by molar-refractivity contribution is -0.114. The number of anilines is 2. The molecule has 20 heavy (non-hydrogen) atoms. The molecule has 4 heteroatoms. The second kappa shape index (κ2) is 6.64. The van der Waals surface area contributed by atoms with Gasteiger partial charge in [0.05, 0.1) is 12.8 Å². The number of carbonyl (C=O) groups is 1. The zero-order valence-electron chi connectivity index (χ0n) is 12.5. The molecule has 0 spiro atoms. The Hall–Kier alpha value is -1.71. The van der Waals surface area contributed by atoms with E-state index in [4.69, 9.17) is 4.74 Å². The molecule has 0 heterocycles. The lowest BCUT2D eigenvalue weighted by Crippen LogP contribution is -2.23. The Kier molecular flexibility index (Phi) is 4.88. The average molecular weight is 276 g/mol. The molecule has 2 N–H and O–H groups in total. The SMILES string of the molecule is CCC1CCCC1Nc1cc(NC(C)=O)ccc1OC. The fourth-order valence-corrected chi connectivity index (χ4v) is 3.02. The van der Waals surface area contributed by atoms with Crippen LogP contribution in [0.25, 0.3) is 0 Å². The van der Waals surface area contributed by atoms with Crippen LogP contribution in [0, 0.1) is 5.92 Å². The van der Waals surface area contributed by atoms with Gasteiger partial charge in [0.25, 0.3) is 0 Å². The van der Waals surface area contributed by atoms with Crippen LogP contribution >= 0.6 is 0 Å². The highest BCUT2D eigenvalue weighted by Gasteiger charge is 2.26. The van der Waals surface area contributed by atoms with Gasteiger partial charge in [0.2, 0.25) is 5.91 Å². The third-order valence-electron chi connectivity index (χ3n) is 4.04. The first-order valence-corrected chi connectivity index (χ1v) is 7.36. The molecule has 0 aliphatic heterocycles. The van der Waals surface area contributed by atoms with E-state index < -0.39 is 0 Å². The second-order valence-electron chi connectivity index (χ2n) is 5.45. The van der Waals surface area contributed by atoms with Crippen molar-refractivity contribution in [2.24, 2.45) is 5.92 Å². The number of nitrogens with one attached hydrogen (secondary N) is 2. The van der Waals surface area contributed by atoms with Gasteiger partial charge in [-0.2, -0.15) is 0 Å². The van der Waals surface area contributed by atoms with Crippen LogP contribution in [0.2, 0.25) is 0 Å². The summed E-state index contributed by atoms with van der Waals surface area (Å²) in [6, 6.07) is 6.20. The molecule has 2 atom stereocenters. The van der Waals surface area contributed by atoms with E-state index in [9.17, 15) is 4.79 Å². The topological polar surface area (TPSA) is 50.4 Å². The van der Waals surface area contributed by atoms with E-state index in [0.717, 1.165) is 23.0 Å². The fraction of sp³-hybridized carbons (Fsp3) is 0.562. The van der Waals surface area contributed by atoms with Gasteiger partial charge >= 0.3 is 0 Å². The van der Waals surface area contributed by atoms with E-state index >= 15 is 0 Å². The predicted molar refractivity (Wildman–Crippen MR) is 82.3 cm³/mol. The zero-order valence-corrected chi connectivity index (χ0v) is 12.5. The minimum Gasteiger partial charge on any atom is -0.495 e. The fourth-order valence-electron chi connectivity index (χ4n) is 3.02. The van der Waals surface area contributed by atoms with Crippen LogP contribution in [0.3, 0.4) is 0 Å². The number of rotatable bonds is 5. The molecule has 0 aromatic heterocycles. The molecule has 0 radical (unpaired) electrons. The summed E-state index contributed by atoms with van der Waals surface area (Å²) in [6.45, 7) is 3.76. The number of amides is 1. The van der Waals surface area contributed by atoms with Crippen molar-refractivity contribution in [3.05, 3.63) is 18.2 Å². The Morgan fingerprint density at radius 3 is 2.85 bits per heavy atom. The molecule has 1 saturated carbocycles. The molecule has 4 nitrogen and oxygen atoms in total. The van der Waals surface area contributed by atoms with E-state index in [2.05, 4.69) is 17.6 Å². The number of methoxy groups -OCH3 is 1. The third-order valence-corrected chi connectivity index (χ3v) is 4.04. The molecule has 1 aliphatic rings. The Morgan fingerprint density at radius 1 is 1.40 bits per heavy atom. The van der Waals surface area contributed by atoms with Crippen LogP contribution in [-0.2, 0) is 4.79 Å². The van der Waals surface area contributed by atoms with E-state index in [0.29, 0.717) is 6.04 Å². The Morgan fingerprint density at radius 2 is 2.20 bits per heavy atom. The minimum absolute atomic E-state index is 0.0617. The number of benzene rings is 1. The number of hydrogen-bond donors (Lipinski definition) is 2. The van der Waals surface area contributed by atoms with Crippen LogP contribution < -0.4 is 15.4 Å². The van der Waals surface area contributed by atoms with Gasteiger partial charge < -0.3 is 15.4 Å². The number of carbonyl (C=O) groups excluding carboxylic acids is 1. The molecule has 2 rings (SSSR count). The van der Waals surface area contributed by atoms with Crippen LogP contribution in [0.1, 0.15) is 39.5 Å². The second-order valence-corrected chi connectivity index (χ2v) is 5.45. The highest BCUT2D eigenvalue weighted by atomic mass is 16.5. The quantitative estimate of drug-likeness (QED) is 0.863. The summed E-state index contributed by atoms with van der Waals surface area (Å²) < 4.78 is 5.41. The Balaban J connectivity index is 2.17. The van der Waals surface area contributed by atoms with Crippen LogP contribution in [-0.4, -0.2) is 19.1 Å². The van der Waals surface area contributed by atoms with Crippen molar-refractivity contribution in [2.75, 3.05) is 17.7 Å². The van der Waals surface area contributed by atoms with E-state index in [1.54, 1.807) is 7.11 Å². The molecule has 0 saturated heterocycles. The third kappa shape index (κ3) is 3.44. The molecule has 2 unspecified atom stereocenters. The smallest absolute Gasteiger partial charge is 0.221 e. The number of ether oxygens (including phenoxy) is 1. The van der Waals surface area contributed by atoms with Crippen molar-refractivity contribution in [2.45, 2.75) is 45.6 Å². The molecule has 1 fully saturated rings. The Labute approximate surface area is 120 Å².